The van der Waals surface area contributed by atoms with Crippen molar-refractivity contribution in [2.75, 3.05) is 6.73 Å². The minimum absolute atomic E-state index is 0.270. The molecule has 1 fully saturated rings. The largest absolute Gasteiger partial charge is 0.355 e. The van der Waals surface area contributed by atoms with Gasteiger partial charge in [-0.15, -0.1) is 0 Å². The van der Waals surface area contributed by atoms with Crippen molar-refractivity contribution >= 4 is 12.4 Å². The lowest BCUT2D eigenvalue weighted by Crippen LogP contribution is -2.45. The summed E-state index contributed by atoms with van der Waals surface area (Å²) in [7, 11) is 0. The summed E-state index contributed by atoms with van der Waals surface area (Å²) in [6.07, 6.45) is 6.46. The maximum Gasteiger partial charge on any atom is 0.137 e. The third-order valence-corrected chi connectivity index (χ3v) is 3.35. The van der Waals surface area contributed by atoms with Crippen LogP contribution in [0, 0.1) is 11.8 Å². The maximum atomic E-state index is 5.82. The van der Waals surface area contributed by atoms with Gasteiger partial charge in [0.25, 0.3) is 0 Å². The first kappa shape index (κ1) is 10.6. The van der Waals surface area contributed by atoms with Gasteiger partial charge in [-0.05, 0) is 31.9 Å². The van der Waals surface area contributed by atoms with Crippen LogP contribution in [0.3, 0.4) is 0 Å². The molecule has 0 bridgehead atoms. The van der Waals surface area contributed by atoms with E-state index >= 15 is 0 Å². The highest BCUT2D eigenvalue weighted by Crippen LogP contribution is 2.32. The van der Waals surface area contributed by atoms with E-state index in [0.29, 0.717) is 24.6 Å². The highest BCUT2D eigenvalue weighted by Gasteiger charge is 2.39. The first-order valence-electron chi connectivity index (χ1n) is 5.67. The maximum absolute atomic E-state index is 5.82. The lowest BCUT2D eigenvalue weighted by molar-refractivity contribution is -0.0256. The zero-order valence-corrected chi connectivity index (χ0v) is 9.39. The highest BCUT2D eigenvalue weighted by molar-refractivity contribution is 5.64. The standard InChI is InChI=1S/C11H19N3O/c1-3-12-7-15-11-8(2)4-5-10-9(11)6-13-14-10/h3,6,8-11,14H,4-5,7H2,1-2H3/b12-3-. The van der Waals surface area contributed by atoms with E-state index in [1.165, 1.54) is 12.8 Å². The van der Waals surface area contributed by atoms with Crippen molar-refractivity contribution in [1.82, 2.24) is 5.43 Å². The van der Waals surface area contributed by atoms with E-state index in [0.717, 1.165) is 0 Å². The number of nitrogens with one attached hydrogen (secondary N) is 1. The Kier molecular flexibility index (Phi) is 3.36. The molecule has 1 N–H and O–H groups in total. The van der Waals surface area contributed by atoms with Gasteiger partial charge in [0.05, 0.1) is 12.1 Å². The summed E-state index contributed by atoms with van der Waals surface area (Å²) in [5, 5.41) is 4.15. The van der Waals surface area contributed by atoms with Gasteiger partial charge in [-0.25, -0.2) is 0 Å². The second-order valence-corrected chi connectivity index (χ2v) is 4.35. The minimum Gasteiger partial charge on any atom is -0.355 e. The molecule has 0 amide bonds. The quantitative estimate of drug-likeness (QED) is 0.715. The molecular formula is C11H19N3O. The summed E-state index contributed by atoms with van der Waals surface area (Å²) < 4.78 is 5.82. The van der Waals surface area contributed by atoms with Crippen LogP contribution < -0.4 is 5.43 Å². The molecule has 0 aromatic rings. The van der Waals surface area contributed by atoms with E-state index in [1.807, 2.05) is 13.1 Å². The topological polar surface area (TPSA) is 46.0 Å². The molecule has 0 radical (unpaired) electrons. The number of ether oxygens (including phenoxy) is 1. The third-order valence-electron chi connectivity index (χ3n) is 3.35. The van der Waals surface area contributed by atoms with Gasteiger partial charge in [0.2, 0.25) is 0 Å². The minimum atomic E-state index is 0.270. The predicted molar refractivity (Wildman–Crippen MR) is 61.2 cm³/mol. The molecule has 1 aliphatic heterocycles. The SMILES string of the molecule is C/C=N\COC1C(C)CCC2NN=CC21. The Morgan fingerprint density at radius 2 is 2.47 bits per heavy atom. The van der Waals surface area contributed by atoms with Crippen molar-refractivity contribution in [2.24, 2.45) is 21.9 Å². The van der Waals surface area contributed by atoms with Crippen molar-refractivity contribution in [3.63, 3.8) is 0 Å². The molecule has 1 aliphatic carbocycles. The van der Waals surface area contributed by atoms with Crippen molar-refractivity contribution in [1.29, 1.82) is 0 Å². The Hall–Kier alpha value is -0.900. The summed E-state index contributed by atoms with van der Waals surface area (Å²) in [5.41, 5.74) is 3.15. The molecule has 4 nitrogen and oxygen atoms in total. The summed E-state index contributed by atoms with van der Waals surface area (Å²) in [4.78, 5) is 4.10. The number of nitrogens with zero attached hydrogens (tertiary/aromatic N) is 2. The Morgan fingerprint density at radius 3 is 3.27 bits per heavy atom. The first-order chi connectivity index (χ1) is 7.33. The van der Waals surface area contributed by atoms with E-state index in [1.54, 1.807) is 6.21 Å². The van der Waals surface area contributed by atoms with Crippen LogP contribution in [0.4, 0.5) is 0 Å². The second-order valence-electron chi connectivity index (χ2n) is 4.35. The molecule has 2 rings (SSSR count). The molecule has 84 valence electrons. The van der Waals surface area contributed by atoms with Gasteiger partial charge in [-0.3, -0.25) is 4.99 Å². The Bertz CT molecular complexity index is 265. The molecule has 0 aromatic heterocycles. The summed E-state index contributed by atoms with van der Waals surface area (Å²) >= 11 is 0. The zero-order valence-electron chi connectivity index (χ0n) is 9.39. The van der Waals surface area contributed by atoms with Gasteiger partial charge in [0.1, 0.15) is 6.73 Å². The Balaban J connectivity index is 1.95. The van der Waals surface area contributed by atoms with Gasteiger partial charge >= 0.3 is 0 Å². The van der Waals surface area contributed by atoms with Crippen LogP contribution in [-0.4, -0.2) is 31.3 Å². The number of rotatable bonds is 3. The van der Waals surface area contributed by atoms with Gasteiger partial charge in [-0.1, -0.05) is 6.92 Å². The van der Waals surface area contributed by atoms with Crippen LogP contribution in [0.1, 0.15) is 26.7 Å². The van der Waals surface area contributed by atoms with Crippen LogP contribution in [0.2, 0.25) is 0 Å². The van der Waals surface area contributed by atoms with Crippen molar-refractivity contribution in [3.8, 4) is 0 Å². The van der Waals surface area contributed by atoms with E-state index in [9.17, 15) is 0 Å². The molecule has 4 heteroatoms. The molecule has 0 aromatic carbocycles. The van der Waals surface area contributed by atoms with E-state index < -0.39 is 0 Å². The van der Waals surface area contributed by atoms with Gasteiger partial charge in [-0.2, -0.15) is 5.10 Å². The monoisotopic (exact) mass is 209 g/mol. The van der Waals surface area contributed by atoms with E-state index in [-0.39, 0.29) is 6.10 Å². The normalized spacial score (nSPS) is 39.3. The molecule has 1 heterocycles. The van der Waals surface area contributed by atoms with Crippen molar-refractivity contribution in [3.05, 3.63) is 0 Å². The summed E-state index contributed by atoms with van der Waals surface area (Å²) in [6, 6.07) is 0.483. The van der Waals surface area contributed by atoms with Crippen LogP contribution in [0.15, 0.2) is 10.1 Å². The molecular weight excluding hydrogens is 190 g/mol. The third kappa shape index (κ3) is 2.20. The predicted octanol–water partition coefficient (Wildman–Crippen LogP) is 1.42. The number of hydrazone groups is 1. The second kappa shape index (κ2) is 4.75. The van der Waals surface area contributed by atoms with E-state index in [4.69, 9.17) is 4.74 Å². The number of hydrogen-bond donors (Lipinski definition) is 1. The summed E-state index contributed by atoms with van der Waals surface area (Å²) in [6.45, 7) is 4.64. The Morgan fingerprint density at radius 1 is 1.60 bits per heavy atom. The van der Waals surface area contributed by atoms with Crippen molar-refractivity contribution in [2.45, 2.75) is 38.8 Å². The van der Waals surface area contributed by atoms with Crippen LogP contribution in [0.5, 0.6) is 0 Å². The fourth-order valence-corrected chi connectivity index (χ4v) is 2.45. The number of hydrogen-bond acceptors (Lipinski definition) is 4. The molecule has 0 saturated heterocycles. The molecule has 1 saturated carbocycles. The number of fused-ring (bicyclic) bond motifs is 1. The van der Waals surface area contributed by atoms with Gasteiger partial charge in [0.15, 0.2) is 0 Å². The zero-order chi connectivity index (χ0) is 10.7. The smallest absolute Gasteiger partial charge is 0.137 e. The first-order valence-corrected chi connectivity index (χ1v) is 5.67. The Labute approximate surface area is 90.8 Å². The molecule has 2 aliphatic rings. The average Bonchev–Trinajstić information content (AvgIpc) is 2.69. The molecule has 0 spiro atoms. The van der Waals surface area contributed by atoms with Gasteiger partial charge in [0, 0.05) is 12.1 Å². The molecule has 15 heavy (non-hydrogen) atoms. The van der Waals surface area contributed by atoms with Crippen LogP contribution in [0.25, 0.3) is 0 Å². The highest BCUT2D eigenvalue weighted by atomic mass is 16.5. The average molecular weight is 209 g/mol. The summed E-state index contributed by atoms with van der Waals surface area (Å²) in [5.74, 6) is 1.03. The van der Waals surface area contributed by atoms with Crippen LogP contribution >= 0.6 is 0 Å². The lowest BCUT2D eigenvalue weighted by atomic mass is 9.77. The van der Waals surface area contributed by atoms with Gasteiger partial charge < -0.3 is 10.2 Å². The molecule has 4 atom stereocenters. The lowest BCUT2D eigenvalue weighted by Gasteiger charge is -2.36. The fourth-order valence-electron chi connectivity index (χ4n) is 2.45. The van der Waals surface area contributed by atoms with E-state index in [2.05, 4.69) is 22.4 Å². The molecule has 4 unspecified atom stereocenters. The number of aliphatic imine (C=N–C) groups is 1. The van der Waals surface area contributed by atoms with Crippen molar-refractivity contribution < 1.29 is 4.74 Å². The fraction of sp³-hybridized carbons (Fsp3) is 0.818. The van der Waals surface area contributed by atoms with Crippen LogP contribution in [-0.2, 0) is 4.74 Å².